The fourth-order valence-corrected chi connectivity index (χ4v) is 2.47. The van der Waals surface area contributed by atoms with Crippen molar-refractivity contribution in [3.05, 3.63) is 40.7 Å². The summed E-state index contributed by atoms with van der Waals surface area (Å²) in [6.45, 7) is 2.00. The lowest BCUT2D eigenvalue weighted by Crippen LogP contribution is -1.91. The highest BCUT2D eigenvalue weighted by atomic mass is 32.1. The fourth-order valence-electron chi connectivity index (χ4n) is 1.86. The van der Waals surface area contributed by atoms with E-state index < -0.39 is 0 Å². The minimum absolute atomic E-state index is 0.539. The van der Waals surface area contributed by atoms with Crippen molar-refractivity contribution in [3.63, 3.8) is 0 Å². The van der Waals surface area contributed by atoms with Crippen molar-refractivity contribution < 1.29 is 0 Å². The smallest absolute Gasteiger partial charge is 0.124 e. The Bertz CT molecular complexity index is 688. The quantitative estimate of drug-likeness (QED) is 0.711. The predicted octanol–water partition coefficient (Wildman–Crippen LogP) is 3.25. The minimum Gasteiger partial charge on any atom is -0.384 e. The zero-order valence-corrected chi connectivity index (χ0v) is 10.2. The monoisotopic (exact) mass is 241 g/mol. The van der Waals surface area contributed by atoms with Crippen LogP contribution in [0.1, 0.15) is 5.01 Å². The highest BCUT2D eigenvalue weighted by molar-refractivity contribution is 7.09. The van der Waals surface area contributed by atoms with Crippen LogP contribution in [-0.2, 0) is 0 Å². The fraction of sp³-hybridized carbons (Fsp3) is 0.0769. The maximum atomic E-state index is 5.75. The van der Waals surface area contributed by atoms with E-state index >= 15 is 0 Å². The number of para-hydroxylation sites is 1. The Kier molecular flexibility index (Phi) is 2.30. The van der Waals surface area contributed by atoms with Crippen molar-refractivity contribution in [1.29, 1.82) is 0 Å². The number of fused-ring (bicyclic) bond motifs is 1. The lowest BCUT2D eigenvalue weighted by molar-refractivity contribution is 1.30. The molecule has 4 heteroatoms. The molecular weight excluding hydrogens is 230 g/mol. The molecule has 0 unspecified atom stereocenters. The summed E-state index contributed by atoms with van der Waals surface area (Å²) in [6, 6.07) is 9.89. The first-order valence-electron chi connectivity index (χ1n) is 5.32. The Morgan fingerprint density at radius 1 is 1.12 bits per heavy atom. The minimum atomic E-state index is 0.539. The summed E-state index contributed by atoms with van der Waals surface area (Å²) in [7, 11) is 0. The number of nitrogens with two attached hydrogens (primary N) is 1. The first-order chi connectivity index (χ1) is 8.24. The summed E-state index contributed by atoms with van der Waals surface area (Å²) in [5.74, 6) is 0.539. The van der Waals surface area contributed by atoms with Gasteiger partial charge >= 0.3 is 0 Å². The number of nitrogen functional groups attached to an aromatic ring is 1. The van der Waals surface area contributed by atoms with E-state index in [-0.39, 0.29) is 0 Å². The predicted molar refractivity (Wildman–Crippen MR) is 72.0 cm³/mol. The number of pyridine rings is 1. The maximum absolute atomic E-state index is 5.75. The topological polar surface area (TPSA) is 51.8 Å². The first kappa shape index (κ1) is 10.2. The van der Waals surface area contributed by atoms with Gasteiger partial charge in [-0.25, -0.2) is 9.97 Å². The van der Waals surface area contributed by atoms with Crippen LogP contribution in [0.3, 0.4) is 0 Å². The summed E-state index contributed by atoms with van der Waals surface area (Å²) >= 11 is 1.64. The molecule has 2 N–H and O–H groups in total. The lowest BCUT2D eigenvalue weighted by atomic mass is 10.1. The Labute approximate surface area is 103 Å². The Morgan fingerprint density at radius 3 is 2.76 bits per heavy atom. The Morgan fingerprint density at radius 2 is 2.00 bits per heavy atom. The van der Waals surface area contributed by atoms with Crippen LogP contribution in [0, 0.1) is 6.92 Å². The number of aryl methyl sites for hydroxylation is 1. The van der Waals surface area contributed by atoms with Gasteiger partial charge in [-0.1, -0.05) is 18.2 Å². The summed E-state index contributed by atoms with van der Waals surface area (Å²) in [5.41, 5.74) is 8.67. The zero-order chi connectivity index (χ0) is 11.8. The van der Waals surface area contributed by atoms with Crippen LogP contribution in [0.15, 0.2) is 35.7 Å². The zero-order valence-electron chi connectivity index (χ0n) is 9.34. The number of hydrogen-bond acceptors (Lipinski definition) is 4. The van der Waals surface area contributed by atoms with E-state index in [0.29, 0.717) is 5.82 Å². The van der Waals surface area contributed by atoms with Gasteiger partial charge in [0, 0.05) is 16.3 Å². The van der Waals surface area contributed by atoms with E-state index in [4.69, 9.17) is 5.73 Å². The third-order valence-electron chi connectivity index (χ3n) is 2.64. The van der Waals surface area contributed by atoms with Crippen molar-refractivity contribution in [1.82, 2.24) is 9.97 Å². The van der Waals surface area contributed by atoms with Gasteiger partial charge in [0.05, 0.1) is 16.2 Å². The molecule has 0 saturated carbocycles. The summed E-state index contributed by atoms with van der Waals surface area (Å²) < 4.78 is 0. The molecule has 84 valence electrons. The van der Waals surface area contributed by atoms with Crippen LogP contribution in [0.25, 0.3) is 22.2 Å². The van der Waals surface area contributed by atoms with Crippen LogP contribution in [-0.4, -0.2) is 9.97 Å². The van der Waals surface area contributed by atoms with E-state index in [1.54, 1.807) is 11.3 Å². The molecule has 0 saturated heterocycles. The molecule has 0 radical (unpaired) electrons. The second kappa shape index (κ2) is 3.82. The molecule has 0 atom stereocenters. The highest BCUT2D eigenvalue weighted by Gasteiger charge is 2.07. The molecular formula is C13H11N3S. The van der Waals surface area contributed by atoms with Crippen LogP contribution >= 0.6 is 11.3 Å². The standard InChI is InChI=1S/C13H11N3S/c1-8-15-11(7-17-8)10-4-2-3-9-5-6-12(14)16-13(9)10/h2-7H,1H3,(H2,14,16). The number of rotatable bonds is 1. The van der Waals surface area contributed by atoms with Crippen molar-refractivity contribution in [3.8, 4) is 11.3 Å². The average molecular weight is 241 g/mol. The third kappa shape index (κ3) is 1.76. The Balaban J connectivity index is 2.32. The van der Waals surface area contributed by atoms with Crippen molar-refractivity contribution in [2.24, 2.45) is 0 Å². The van der Waals surface area contributed by atoms with E-state index in [2.05, 4.69) is 15.3 Å². The Hall–Kier alpha value is -1.94. The largest absolute Gasteiger partial charge is 0.384 e. The number of anilines is 1. The highest BCUT2D eigenvalue weighted by Crippen LogP contribution is 2.28. The molecule has 0 spiro atoms. The normalized spacial score (nSPS) is 10.9. The molecule has 3 nitrogen and oxygen atoms in total. The molecule has 2 heterocycles. The molecule has 0 amide bonds. The third-order valence-corrected chi connectivity index (χ3v) is 3.41. The van der Waals surface area contributed by atoms with Crippen molar-refractivity contribution in [2.75, 3.05) is 5.73 Å². The van der Waals surface area contributed by atoms with Crippen LogP contribution in [0.4, 0.5) is 5.82 Å². The molecule has 17 heavy (non-hydrogen) atoms. The molecule has 3 rings (SSSR count). The van der Waals surface area contributed by atoms with E-state index in [1.807, 2.05) is 37.3 Å². The molecule has 3 aromatic rings. The average Bonchev–Trinajstić information content (AvgIpc) is 2.75. The van der Waals surface area contributed by atoms with E-state index in [9.17, 15) is 0 Å². The van der Waals surface area contributed by atoms with Crippen LogP contribution in [0.2, 0.25) is 0 Å². The SMILES string of the molecule is Cc1nc(-c2cccc3ccc(N)nc23)cs1. The van der Waals surface area contributed by atoms with Gasteiger partial charge in [0.25, 0.3) is 0 Å². The van der Waals surface area contributed by atoms with Crippen LogP contribution < -0.4 is 5.73 Å². The molecule has 1 aromatic carbocycles. The molecule has 0 aliphatic heterocycles. The van der Waals surface area contributed by atoms with Gasteiger partial charge in [-0.05, 0) is 19.1 Å². The van der Waals surface area contributed by atoms with Gasteiger partial charge in [-0.2, -0.15) is 0 Å². The number of hydrogen-bond donors (Lipinski definition) is 1. The van der Waals surface area contributed by atoms with Crippen molar-refractivity contribution in [2.45, 2.75) is 6.92 Å². The molecule has 0 aliphatic carbocycles. The van der Waals surface area contributed by atoms with Crippen molar-refractivity contribution >= 4 is 28.1 Å². The second-order valence-electron chi connectivity index (χ2n) is 3.87. The van der Waals surface area contributed by atoms with E-state index in [0.717, 1.165) is 27.2 Å². The van der Waals surface area contributed by atoms with Gasteiger partial charge in [-0.3, -0.25) is 0 Å². The molecule has 0 fully saturated rings. The van der Waals surface area contributed by atoms with Gasteiger partial charge in [0.1, 0.15) is 5.82 Å². The number of aromatic nitrogens is 2. The number of nitrogens with zero attached hydrogens (tertiary/aromatic N) is 2. The maximum Gasteiger partial charge on any atom is 0.124 e. The number of benzene rings is 1. The summed E-state index contributed by atoms with van der Waals surface area (Å²) in [6.07, 6.45) is 0. The molecule has 0 bridgehead atoms. The first-order valence-corrected chi connectivity index (χ1v) is 6.20. The van der Waals surface area contributed by atoms with Gasteiger partial charge < -0.3 is 5.73 Å². The molecule has 2 aromatic heterocycles. The second-order valence-corrected chi connectivity index (χ2v) is 4.93. The number of thiazole rings is 1. The lowest BCUT2D eigenvalue weighted by Gasteiger charge is -2.03. The van der Waals surface area contributed by atoms with Gasteiger partial charge in [0.2, 0.25) is 0 Å². The summed E-state index contributed by atoms with van der Waals surface area (Å²) in [4.78, 5) is 8.90. The van der Waals surface area contributed by atoms with Crippen LogP contribution in [0.5, 0.6) is 0 Å². The summed E-state index contributed by atoms with van der Waals surface area (Å²) in [5, 5.41) is 4.19. The van der Waals surface area contributed by atoms with Gasteiger partial charge in [-0.15, -0.1) is 11.3 Å². The molecule has 0 aliphatic rings. The van der Waals surface area contributed by atoms with E-state index in [1.165, 1.54) is 0 Å². The van der Waals surface area contributed by atoms with Gasteiger partial charge in [0.15, 0.2) is 0 Å².